The van der Waals surface area contributed by atoms with Crippen LogP contribution in [0, 0.1) is 3.57 Å². The van der Waals surface area contributed by atoms with Crippen LogP contribution >= 0.6 is 22.6 Å². The summed E-state index contributed by atoms with van der Waals surface area (Å²) in [4.78, 5) is 8.66. The van der Waals surface area contributed by atoms with Gasteiger partial charge < -0.3 is 5.32 Å². The highest BCUT2D eigenvalue weighted by atomic mass is 127. The lowest BCUT2D eigenvalue weighted by Gasteiger charge is -2.08. The molecule has 1 aromatic carbocycles. The summed E-state index contributed by atoms with van der Waals surface area (Å²) in [5.41, 5.74) is 0.381. The van der Waals surface area contributed by atoms with Crippen LogP contribution in [0.25, 0.3) is 11.0 Å². The monoisotopic (exact) mass is 442 g/mol. The number of nitrogens with zero attached hydrogens (tertiary/aromatic N) is 3. The Morgan fingerprint density at radius 3 is 2.65 bits per heavy atom. The number of aromatic nitrogens is 3. The molecule has 0 radical (unpaired) electrons. The largest absolute Gasteiger partial charge is 0.369 e. The molecular formula is C15H15IN4O2S. The predicted octanol–water partition coefficient (Wildman–Crippen LogP) is 3.09. The van der Waals surface area contributed by atoms with Crippen LogP contribution in [0.3, 0.4) is 0 Å². The van der Waals surface area contributed by atoms with E-state index in [1.54, 1.807) is 36.5 Å². The Hall–Kier alpha value is -1.68. The van der Waals surface area contributed by atoms with Crippen LogP contribution in [0.2, 0.25) is 0 Å². The summed E-state index contributed by atoms with van der Waals surface area (Å²) in [6.07, 6.45) is 3.91. The molecule has 8 heteroatoms. The highest BCUT2D eigenvalue weighted by Crippen LogP contribution is 2.29. The molecule has 3 rings (SSSR count). The molecular weight excluding hydrogens is 427 g/mol. The molecule has 0 aliphatic carbocycles. The van der Waals surface area contributed by atoms with Crippen molar-refractivity contribution >= 4 is 49.5 Å². The van der Waals surface area contributed by atoms with Crippen molar-refractivity contribution in [3.8, 4) is 0 Å². The number of rotatable bonds is 5. The Balaban J connectivity index is 2.20. The van der Waals surface area contributed by atoms with Gasteiger partial charge in [-0.25, -0.2) is 22.4 Å². The molecule has 0 atom stereocenters. The minimum atomic E-state index is -3.69. The molecule has 0 bridgehead atoms. The highest BCUT2D eigenvalue weighted by molar-refractivity contribution is 14.1. The molecule has 0 aliphatic heterocycles. The molecule has 2 aromatic heterocycles. The van der Waals surface area contributed by atoms with Crippen molar-refractivity contribution in [3.05, 3.63) is 46.4 Å². The van der Waals surface area contributed by atoms with Gasteiger partial charge in [-0.05, 0) is 41.1 Å². The molecule has 0 saturated carbocycles. The first-order valence-electron chi connectivity index (χ1n) is 7.11. The number of nitrogens with one attached hydrogen (secondary N) is 1. The van der Waals surface area contributed by atoms with Gasteiger partial charge in [-0.1, -0.05) is 25.1 Å². The Morgan fingerprint density at radius 1 is 1.22 bits per heavy atom. The van der Waals surface area contributed by atoms with Crippen LogP contribution < -0.4 is 5.32 Å². The van der Waals surface area contributed by atoms with Crippen LogP contribution in [-0.4, -0.2) is 28.9 Å². The predicted molar refractivity (Wildman–Crippen MR) is 98.1 cm³/mol. The fourth-order valence-corrected chi connectivity index (χ4v) is 4.56. The van der Waals surface area contributed by atoms with Gasteiger partial charge in [0.1, 0.15) is 12.1 Å². The fourth-order valence-electron chi connectivity index (χ4n) is 2.26. The normalized spacial score (nSPS) is 11.7. The lowest BCUT2D eigenvalue weighted by atomic mass is 10.3. The van der Waals surface area contributed by atoms with Gasteiger partial charge >= 0.3 is 0 Å². The Labute approximate surface area is 148 Å². The van der Waals surface area contributed by atoms with E-state index in [0.29, 0.717) is 11.5 Å². The third kappa shape index (κ3) is 2.92. The van der Waals surface area contributed by atoms with Gasteiger partial charge in [0, 0.05) is 16.3 Å². The van der Waals surface area contributed by atoms with Gasteiger partial charge in [0.05, 0.1) is 10.3 Å². The van der Waals surface area contributed by atoms with E-state index in [1.165, 1.54) is 10.3 Å². The number of halogens is 1. The lowest BCUT2D eigenvalue weighted by Crippen LogP contribution is -2.12. The molecule has 0 unspecified atom stereocenters. The Morgan fingerprint density at radius 2 is 1.96 bits per heavy atom. The molecule has 0 aliphatic rings. The summed E-state index contributed by atoms with van der Waals surface area (Å²) >= 11 is 2.11. The van der Waals surface area contributed by atoms with E-state index in [0.717, 1.165) is 21.9 Å². The van der Waals surface area contributed by atoms with Crippen LogP contribution in [0.4, 0.5) is 5.82 Å². The number of fused-ring (bicyclic) bond motifs is 1. The molecule has 0 amide bonds. The van der Waals surface area contributed by atoms with E-state index in [9.17, 15) is 8.42 Å². The summed E-state index contributed by atoms with van der Waals surface area (Å²) < 4.78 is 27.7. The van der Waals surface area contributed by atoms with Crippen molar-refractivity contribution in [2.75, 3.05) is 11.9 Å². The standard InChI is InChI=1S/C15H15IN4O2S/c1-2-8-17-14-13-12(16)9-20(15(13)19-10-18-14)23(21,22)11-6-4-3-5-7-11/h3-7,9-10H,2,8H2,1H3,(H,17,18,19). The van der Waals surface area contributed by atoms with Crippen LogP contribution in [0.15, 0.2) is 47.8 Å². The van der Waals surface area contributed by atoms with Gasteiger partial charge in [-0.15, -0.1) is 0 Å². The summed E-state index contributed by atoms with van der Waals surface area (Å²) in [6.45, 7) is 2.82. The second-order valence-corrected chi connectivity index (χ2v) is 7.92. The van der Waals surface area contributed by atoms with Crippen LogP contribution in [0.5, 0.6) is 0 Å². The van der Waals surface area contributed by atoms with Crippen molar-refractivity contribution in [2.24, 2.45) is 0 Å². The van der Waals surface area contributed by atoms with Crippen molar-refractivity contribution < 1.29 is 8.42 Å². The van der Waals surface area contributed by atoms with E-state index in [1.807, 2.05) is 0 Å². The van der Waals surface area contributed by atoms with Crippen LogP contribution in [0.1, 0.15) is 13.3 Å². The zero-order chi connectivity index (χ0) is 16.4. The van der Waals surface area contributed by atoms with Gasteiger partial charge in [0.15, 0.2) is 5.65 Å². The van der Waals surface area contributed by atoms with Crippen molar-refractivity contribution in [1.29, 1.82) is 0 Å². The fraction of sp³-hybridized carbons (Fsp3) is 0.200. The summed E-state index contributed by atoms with van der Waals surface area (Å²) in [7, 11) is -3.69. The molecule has 6 nitrogen and oxygen atoms in total. The minimum Gasteiger partial charge on any atom is -0.369 e. The molecule has 0 spiro atoms. The second-order valence-electron chi connectivity index (χ2n) is 4.94. The maximum atomic E-state index is 12.9. The summed E-state index contributed by atoms with van der Waals surface area (Å²) in [6, 6.07) is 8.34. The van der Waals surface area contributed by atoms with Gasteiger partial charge in [-0.3, -0.25) is 0 Å². The van der Waals surface area contributed by atoms with E-state index < -0.39 is 10.0 Å². The van der Waals surface area contributed by atoms with Crippen molar-refractivity contribution in [3.63, 3.8) is 0 Å². The molecule has 2 heterocycles. The van der Waals surface area contributed by atoms with E-state index in [-0.39, 0.29) is 4.90 Å². The van der Waals surface area contributed by atoms with Gasteiger partial charge in [-0.2, -0.15) is 0 Å². The first kappa shape index (κ1) is 16.2. The minimum absolute atomic E-state index is 0.231. The maximum Gasteiger partial charge on any atom is 0.269 e. The van der Waals surface area contributed by atoms with E-state index in [2.05, 4.69) is 44.8 Å². The first-order valence-corrected chi connectivity index (χ1v) is 9.63. The molecule has 3 aromatic rings. The average Bonchev–Trinajstić information content (AvgIpc) is 2.92. The number of hydrogen-bond donors (Lipinski definition) is 1. The quantitative estimate of drug-likeness (QED) is 0.615. The molecule has 0 saturated heterocycles. The van der Waals surface area contributed by atoms with Gasteiger partial charge in [0.2, 0.25) is 0 Å². The van der Waals surface area contributed by atoms with E-state index in [4.69, 9.17) is 0 Å². The summed E-state index contributed by atoms with van der Waals surface area (Å²) in [5.74, 6) is 0.656. The molecule has 1 N–H and O–H groups in total. The van der Waals surface area contributed by atoms with Crippen molar-refractivity contribution in [2.45, 2.75) is 18.2 Å². The molecule has 0 fully saturated rings. The Kier molecular flexibility index (Phi) is 4.53. The number of anilines is 1. The van der Waals surface area contributed by atoms with Crippen LogP contribution in [-0.2, 0) is 10.0 Å². The average molecular weight is 442 g/mol. The maximum absolute atomic E-state index is 12.9. The molecule has 23 heavy (non-hydrogen) atoms. The number of hydrogen-bond acceptors (Lipinski definition) is 5. The highest BCUT2D eigenvalue weighted by Gasteiger charge is 2.23. The van der Waals surface area contributed by atoms with E-state index >= 15 is 0 Å². The van der Waals surface area contributed by atoms with Gasteiger partial charge in [0.25, 0.3) is 10.0 Å². The second kappa shape index (κ2) is 6.44. The first-order chi connectivity index (χ1) is 11.1. The number of benzene rings is 1. The topological polar surface area (TPSA) is 76.9 Å². The Bertz CT molecular complexity index is 939. The zero-order valence-electron chi connectivity index (χ0n) is 12.4. The lowest BCUT2D eigenvalue weighted by molar-refractivity contribution is 0.588. The smallest absolute Gasteiger partial charge is 0.269 e. The SMILES string of the molecule is CCCNc1ncnc2c1c(I)cn2S(=O)(=O)c1ccccc1. The zero-order valence-corrected chi connectivity index (χ0v) is 15.4. The third-order valence-electron chi connectivity index (χ3n) is 3.35. The molecule has 120 valence electrons. The summed E-state index contributed by atoms with van der Waals surface area (Å²) in [5, 5.41) is 3.94. The third-order valence-corrected chi connectivity index (χ3v) is 5.83. The van der Waals surface area contributed by atoms with Crippen molar-refractivity contribution in [1.82, 2.24) is 13.9 Å².